The molecule has 0 aromatic heterocycles. The van der Waals surface area contributed by atoms with Gasteiger partial charge < -0.3 is 14.8 Å². The third-order valence-electron chi connectivity index (χ3n) is 4.75. The van der Waals surface area contributed by atoms with Crippen molar-refractivity contribution in [1.82, 2.24) is 4.72 Å². The summed E-state index contributed by atoms with van der Waals surface area (Å²) in [6, 6.07) is 14.4. The highest BCUT2D eigenvalue weighted by atomic mass is 32.2. The Bertz CT molecular complexity index is 1240. The lowest BCUT2D eigenvalue weighted by Gasteiger charge is -2.19. The second kappa shape index (κ2) is 10.4. The van der Waals surface area contributed by atoms with Crippen LogP contribution in [-0.2, 0) is 21.2 Å². The monoisotopic (exact) mass is 476 g/mol. The second-order valence-electron chi connectivity index (χ2n) is 7.00. The molecule has 0 aliphatic rings. The topological polar surface area (TPSA) is 93.7 Å². The summed E-state index contributed by atoms with van der Waals surface area (Å²) in [4.78, 5) is 12.8. The lowest BCUT2D eigenvalue weighted by Crippen LogP contribution is -2.45. The molecular formula is C23H22F2N2O5S. The number of carbonyl (C=O) groups excluding carboxylic acids is 1. The third kappa shape index (κ3) is 6.05. The molecule has 3 rings (SSSR count). The van der Waals surface area contributed by atoms with E-state index in [0.29, 0.717) is 11.3 Å². The molecule has 0 unspecified atom stereocenters. The van der Waals surface area contributed by atoms with Crippen molar-refractivity contribution in [2.45, 2.75) is 17.4 Å². The smallest absolute Gasteiger partial charge is 0.242 e. The standard InChI is InChI=1S/C23H22F2N2O5S/c1-31-21-11-9-17(14-22(21)32-2)33(29,30)27-20(12-15-6-4-3-5-7-15)23(28)26-16-8-10-18(24)19(25)13-16/h3-11,13-14,20,27H,12H2,1-2H3,(H,26,28)/t20-/m0/s1. The fraction of sp³-hybridized carbons (Fsp3) is 0.174. The molecule has 0 radical (unpaired) electrons. The van der Waals surface area contributed by atoms with E-state index in [1.807, 2.05) is 0 Å². The van der Waals surface area contributed by atoms with Gasteiger partial charge in [-0.1, -0.05) is 30.3 Å². The van der Waals surface area contributed by atoms with Crippen molar-refractivity contribution in [1.29, 1.82) is 0 Å². The summed E-state index contributed by atoms with van der Waals surface area (Å²) in [6.45, 7) is 0. The highest BCUT2D eigenvalue weighted by Gasteiger charge is 2.27. The van der Waals surface area contributed by atoms with Crippen molar-refractivity contribution >= 4 is 21.6 Å². The zero-order valence-corrected chi connectivity index (χ0v) is 18.7. The summed E-state index contributed by atoms with van der Waals surface area (Å²) in [6.07, 6.45) is 0.0167. The molecular weight excluding hydrogens is 454 g/mol. The van der Waals surface area contributed by atoms with Crippen LogP contribution < -0.4 is 19.5 Å². The Balaban J connectivity index is 1.90. The van der Waals surface area contributed by atoms with Crippen LogP contribution in [0.15, 0.2) is 71.6 Å². The molecule has 0 aliphatic carbocycles. The van der Waals surface area contributed by atoms with Crippen molar-refractivity contribution in [3.05, 3.63) is 83.9 Å². The Hall–Kier alpha value is -3.50. The largest absolute Gasteiger partial charge is 0.493 e. The second-order valence-corrected chi connectivity index (χ2v) is 8.71. The Morgan fingerprint density at radius 1 is 0.909 bits per heavy atom. The maximum atomic E-state index is 13.5. The van der Waals surface area contributed by atoms with Crippen LogP contribution in [0.3, 0.4) is 0 Å². The highest BCUT2D eigenvalue weighted by Crippen LogP contribution is 2.29. The first kappa shape index (κ1) is 24.1. The molecule has 33 heavy (non-hydrogen) atoms. The van der Waals surface area contributed by atoms with Gasteiger partial charge in [-0.15, -0.1) is 0 Å². The normalized spacial score (nSPS) is 12.1. The number of methoxy groups -OCH3 is 2. The summed E-state index contributed by atoms with van der Waals surface area (Å²) >= 11 is 0. The summed E-state index contributed by atoms with van der Waals surface area (Å²) in [5.74, 6) is -2.41. The Kier molecular flexibility index (Phi) is 7.62. The molecule has 0 fully saturated rings. The average molecular weight is 477 g/mol. The summed E-state index contributed by atoms with van der Waals surface area (Å²) < 4.78 is 65.5. The molecule has 3 aromatic carbocycles. The predicted molar refractivity (Wildman–Crippen MR) is 119 cm³/mol. The molecule has 1 atom stereocenters. The van der Waals surface area contributed by atoms with Gasteiger partial charge in [0.25, 0.3) is 0 Å². The van der Waals surface area contributed by atoms with Crippen molar-refractivity contribution in [2.75, 3.05) is 19.5 Å². The average Bonchev–Trinajstić information content (AvgIpc) is 2.81. The summed E-state index contributed by atoms with van der Waals surface area (Å²) in [7, 11) is -1.38. The van der Waals surface area contributed by atoms with Gasteiger partial charge in [-0.25, -0.2) is 17.2 Å². The van der Waals surface area contributed by atoms with Gasteiger partial charge in [0.2, 0.25) is 15.9 Å². The molecule has 3 aromatic rings. The van der Waals surface area contributed by atoms with E-state index in [9.17, 15) is 22.0 Å². The van der Waals surface area contributed by atoms with Gasteiger partial charge in [-0.05, 0) is 36.2 Å². The van der Waals surface area contributed by atoms with Gasteiger partial charge >= 0.3 is 0 Å². The fourth-order valence-corrected chi connectivity index (χ4v) is 4.29. The SMILES string of the molecule is COc1ccc(S(=O)(=O)N[C@@H](Cc2ccccc2)C(=O)Nc2ccc(F)c(F)c2)cc1OC. The first-order valence-corrected chi connectivity index (χ1v) is 11.3. The first-order valence-electron chi connectivity index (χ1n) is 9.77. The van der Waals surface area contributed by atoms with E-state index in [2.05, 4.69) is 10.0 Å². The quantitative estimate of drug-likeness (QED) is 0.493. The molecule has 7 nitrogen and oxygen atoms in total. The number of ether oxygens (including phenoxy) is 2. The van der Waals surface area contributed by atoms with Gasteiger partial charge in [-0.2, -0.15) is 4.72 Å². The van der Waals surface area contributed by atoms with Crippen LogP contribution in [0.25, 0.3) is 0 Å². The molecule has 0 bridgehead atoms. The summed E-state index contributed by atoms with van der Waals surface area (Å²) in [5, 5.41) is 2.43. The van der Waals surface area contributed by atoms with E-state index < -0.39 is 33.6 Å². The van der Waals surface area contributed by atoms with Crippen LogP contribution in [0.2, 0.25) is 0 Å². The minimum atomic E-state index is -4.17. The molecule has 2 N–H and O–H groups in total. The van der Waals surface area contributed by atoms with Crippen LogP contribution >= 0.6 is 0 Å². The minimum Gasteiger partial charge on any atom is -0.493 e. The molecule has 10 heteroatoms. The fourth-order valence-electron chi connectivity index (χ4n) is 3.08. The van der Waals surface area contributed by atoms with Gasteiger partial charge in [0, 0.05) is 17.8 Å². The number of rotatable bonds is 9. The minimum absolute atomic E-state index is 0.0118. The molecule has 0 spiro atoms. The van der Waals surface area contributed by atoms with E-state index in [1.54, 1.807) is 30.3 Å². The lowest BCUT2D eigenvalue weighted by molar-refractivity contribution is -0.117. The van der Waals surface area contributed by atoms with Gasteiger partial charge in [-0.3, -0.25) is 4.79 Å². The third-order valence-corrected chi connectivity index (χ3v) is 6.22. The number of sulfonamides is 1. The predicted octanol–water partition coefficient (Wildman–Crippen LogP) is 3.51. The Morgan fingerprint density at radius 3 is 2.24 bits per heavy atom. The van der Waals surface area contributed by atoms with Crippen LogP contribution in [-0.4, -0.2) is 34.6 Å². The Labute approximate surface area is 190 Å². The molecule has 174 valence electrons. The van der Waals surface area contributed by atoms with Crippen molar-refractivity contribution in [3.8, 4) is 11.5 Å². The number of anilines is 1. The van der Waals surface area contributed by atoms with E-state index in [-0.39, 0.29) is 22.8 Å². The van der Waals surface area contributed by atoms with E-state index >= 15 is 0 Å². The van der Waals surface area contributed by atoms with Crippen molar-refractivity contribution < 1.29 is 31.5 Å². The number of nitrogens with one attached hydrogen (secondary N) is 2. The number of benzene rings is 3. The number of hydrogen-bond acceptors (Lipinski definition) is 5. The van der Waals surface area contributed by atoms with Crippen LogP contribution in [0.5, 0.6) is 11.5 Å². The zero-order chi connectivity index (χ0) is 24.0. The molecule has 0 heterocycles. The van der Waals surface area contributed by atoms with Crippen LogP contribution in [0.4, 0.5) is 14.5 Å². The number of hydrogen-bond donors (Lipinski definition) is 2. The maximum Gasteiger partial charge on any atom is 0.242 e. The number of amides is 1. The molecule has 0 saturated carbocycles. The number of halogens is 2. The van der Waals surface area contributed by atoms with E-state index in [4.69, 9.17) is 9.47 Å². The van der Waals surface area contributed by atoms with Crippen LogP contribution in [0.1, 0.15) is 5.56 Å². The molecule has 0 saturated heterocycles. The van der Waals surface area contributed by atoms with Gasteiger partial charge in [0.15, 0.2) is 23.1 Å². The van der Waals surface area contributed by atoms with Crippen molar-refractivity contribution in [2.24, 2.45) is 0 Å². The Morgan fingerprint density at radius 2 is 1.61 bits per heavy atom. The van der Waals surface area contributed by atoms with Gasteiger partial charge in [0.05, 0.1) is 19.1 Å². The van der Waals surface area contributed by atoms with Crippen molar-refractivity contribution in [3.63, 3.8) is 0 Å². The maximum absolute atomic E-state index is 13.5. The number of carbonyl (C=O) groups is 1. The van der Waals surface area contributed by atoms with Gasteiger partial charge in [0.1, 0.15) is 6.04 Å². The van der Waals surface area contributed by atoms with Crippen LogP contribution in [0, 0.1) is 11.6 Å². The molecule has 1 amide bonds. The molecule has 0 aliphatic heterocycles. The van der Waals surface area contributed by atoms with E-state index in [1.165, 1.54) is 38.5 Å². The zero-order valence-electron chi connectivity index (χ0n) is 17.8. The van der Waals surface area contributed by atoms with E-state index in [0.717, 1.165) is 12.1 Å². The summed E-state index contributed by atoms with van der Waals surface area (Å²) in [5.41, 5.74) is 0.681. The highest BCUT2D eigenvalue weighted by molar-refractivity contribution is 7.89. The first-order chi connectivity index (χ1) is 15.7. The lowest BCUT2D eigenvalue weighted by atomic mass is 10.1.